The molecule has 0 radical (unpaired) electrons. The Labute approximate surface area is 79.6 Å². The molecule has 0 atom stereocenters. The van der Waals surface area contributed by atoms with Crippen LogP contribution in [0.15, 0.2) is 4.90 Å². The summed E-state index contributed by atoms with van der Waals surface area (Å²) in [5, 5.41) is 12.7. The molecule has 0 fully saturated rings. The van der Waals surface area contributed by atoms with Gasteiger partial charge in [0.25, 0.3) is 0 Å². The average Bonchev–Trinajstić information content (AvgIpc) is 2.41. The summed E-state index contributed by atoms with van der Waals surface area (Å²) in [6.45, 7) is 0. The fourth-order valence-corrected chi connectivity index (χ4v) is 2.69. The minimum atomic E-state index is 0.587. The van der Waals surface area contributed by atoms with Gasteiger partial charge >= 0.3 is 0 Å². The van der Waals surface area contributed by atoms with Gasteiger partial charge in [0.05, 0.1) is 10.6 Å². The molecule has 1 heterocycles. The van der Waals surface area contributed by atoms with Crippen molar-refractivity contribution in [2.75, 3.05) is 24.4 Å². The topological polar surface area (TPSA) is 61.8 Å². The van der Waals surface area contributed by atoms with Crippen molar-refractivity contribution in [2.45, 2.75) is 4.90 Å². The number of anilines is 2. The van der Waals surface area contributed by atoms with Crippen LogP contribution in [0.4, 0.5) is 10.7 Å². The first-order valence-electron chi connectivity index (χ1n) is 3.28. The van der Waals surface area contributed by atoms with E-state index in [9.17, 15) is 0 Å². The van der Waals surface area contributed by atoms with Gasteiger partial charge in [-0.25, -0.2) is 0 Å². The van der Waals surface area contributed by atoms with Crippen LogP contribution < -0.4 is 11.1 Å². The fourth-order valence-electron chi connectivity index (χ4n) is 0.879. The van der Waals surface area contributed by atoms with E-state index in [0.29, 0.717) is 10.6 Å². The van der Waals surface area contributed by atoms with E-state index in [-0.39, 0.29) is 0 Å². The molecule has 1 aromatic rings. The van der Waals surface area contributed by atoms with Crippen molar-refractivity contribution in [2.24, 2.45) is 0 Å². The number of nitrogen functional groups attached to an aromatic ring is 1. The molecule has 1 aromatic heterocycles. The molecule has 0 aliphatic rings. The number of hydrogen-bond acceptors (Lipinski definition) is 5. The van der Waals surface area contributed by atoms with Crippen molar-refractivity contribution in [1.29, 1.82) is 5.26 Å². The standard InChI is InChI=1S/C7H9N3S2/c1-10-7-6(11-2)5(9)4(3-8)12-7/h10H,9H2,1-2H3. The molecule has 0 aliphatic heterocycles. The number of nitrogens with one attached hydrogen (secondary N) is 1. The molecule has 3 N–H and O–H groups in total. The Kier molecular flexibility index (Phi) is 2.84. The van der Waals surface area contributed by atoms with E-state index in [1.54, 1.807) is 11.8 Å². The van der Waals surface area contributed by atoms with E-state index >= 15 is 0 Å². The molecule has 3 nitrogen and oxygen atoms in total. The third-order valence-corrected chi connectivity index (χ3v) is 3.52. The van der Waals surface area contributed by atoms with Gasteiger partial charge in [0, 0.05) is 7.05 Å². The SMILES string of the molecule is CNc1sc(C#N)c(N)c1SC. The molecule has 0 unspecified atom stereocenters. The Morgan fingerprint density at radius 1 is 1.67 bits per heavy atom. The zero-order valence-electron chi connectivity index (χ0n) is 6.84. The smallest absolute Gasteiger partial charge is 0.131 e. The van der Waals surface area contributed by atoms with Gasteiger partial charge in [-0.1, -0.05) is 0 Å². The van der Waals surface area contributed by atoms with E-state index in [2.05, 4.69) is 11.4 Å². The predicted molar refractivity (Wildman–Crippen MR) is 54.8 cm³/mol. The first-order valence-corrected chi connectivity index (χ1v) is 5.32. The van der Waals surface area contributed by atoms with Crippen LogP contribution in [0.5, 0.6) is 0 Å². The molecule has 0 aliphatic carbocycles. The van der Waals surface area contributed by atoms with Crippen molar-refractivity contribution in [3.05, 3.63) is 4.88 Å². The van der Waals surface area contributed by atoms with Gasteiger partial charge in [-0.2, -0.15) is 5.26 Å². The molecule has 64 valence electrons. The lowest BCUT2D eigenvalue weighted by Gasteiger charge is -1.98. The van der Waals surface area contributed by atoms with Gasteiger partial charge in [-0.15, -0.1) is 23.1 Å². The van der Waals surface area contributed by atoms with Crippen molar-refractivity contribution in [1.82, 2.24) is 0 Å². The van der Waals surface area contributed by atoms with Gasteiger partial charge in [0.2, 0.25) is 0 Å². The Bertz CT molecular complexity index is 324. The molecule has 0 spiro atoms. The monoisotopic (exact) mass is 199 g/mol. The van der Waals surface area contributed by atoms with Crippen LogP contribution in [0.25, 0.3) is 0 Å². The van der Waals surface area contributed by atoms with E-state index in [0.717, 1.165) is 9.90 Å². The highest BCUT2D eigenvalue weighted by Crippen LogP contribution is 2.40. The van der Waals surface area contributed by atoms with Gasteiger partial charge in [-0.3, -0.25) is 0 Å². The molecule has 0 aromatic carbocycles. The third kappa shape index (κ3) is 1.36. The van der Waals surface area contributed by atoms with E-state index < -0.39 is 0 Å². The normalized spacial score (nSPS) is 9.42. The van der Waals surface area contributed by atoms with Crippen LogP contribution in [0.1, 0.15) is 4.88 Å². The Morgan fingerprint density at radius 2 is 2.33 bits per heavy atom. The highest BCUT2D eigenvalue weighted by atomic mass is 32.2. The van der Waals surface area contributed by atoms with Crippen molar-refractivity contribution in [3.63, 3.8) is 0 Å². The first kappa shape index (κ1) is 9.23. The summed E-state index contributed by atoms with van der Waals surface area (Å²) in [5.41, 5.74) is 6.32. The number of thioether (sulfide) groups is 1. The summed E-state index contributed by atoms with van der Waals surface area (Å²) in [6.07, 6.45) is 1.94. The number of thiophene rings is 1. The minimum absolute atomic E-state index is 0.587. The van der Waals surface area contributed by atoms with Gasteiger partial charge in [0.1, 0.15) is 15.9 Å². The van der Waals surface area contributed by atoms with Gasteiger partial charge < -0.3 is 11.1 Å². The summed E-state index contributed by atoms with van der Waals surface area (Å²) in [4.78, 5) is 1.56. The third-order valence-electron chi connectivity index (χ3n) is 1.43. The molecule has 0 amide bonds. The average molecular weight is 199 g/mol. The number of nitriles is 1. The zero-order valence-corrected chi connectivity index (χ0v) is 8.47. The number of nitrogens with zero attached hydrogens (tertiary/aromatic N) is 1. The summed E-state index contributed by atoms with van der Waals surface area (Å²) < 4.78 is 0. The van der Waals surface area contributed by atoms with E-state index in [4.69, 9.17) is 11.0 Å². The molecule has 5 heteroatoms. The van der Waals surface area contributed by atoms with Crippen LogP contribution in [-0.2, 0) is 0 Å². The highest BCUT2D eigenvalue weighted by Gasteiger charge is 2.13. The maximum absolute atomic E-state index is 8.69. The molecular formula is C7H9N3S2. The second-order valence-corrected chi connectivity index (χ2v) is 3.91. The number of rotatable bonds is 2. The van der Waals surface area contributed by atoms with E-state index in [1.807, 2.05) is 13.3 Å². The second-order valence-electron chi connectivity index (χ2n) is 2.07. The van der Waals surface area contributed by atoms with Crippen LogP contribution in [0.3, 0.4) is 0 Å². The van der Waals surface area contributed by atoms with E-state index in [1.165, 1.54) is 11.3 Å². The minimum Gasteiger partial charge on any atom is -0.396 e. The lowest BCUT2D eigenvalue weighted by atomic mass is 10.4. The summed E-state index contributed by atoms with van der Waals surface area (Å²) in [6, 6.07) is 2.06. The lowest BCUT2D eigenvalue weighted by Crippen LogP contribution is -1.89. The summed E-state index contributed by atoms with van der Waals surface area (Å²) in [7, 11) is 1.83. The maximum Gasteiger partial charge on any atom is 0.131 e. The zero-order chi connectivity index (χ0) is 9.14. The van der Waals surface area contributed by atoms with Crippen LogP contribution >= 0.6 is 23.1 Å². The fraction of sp³-hybridized carbons (Fsp3) is 0.286. The summed E-state index contributed by atoms with van der Waals surface area (Å²) in [5.74, 6) is 0. The molecule has 0 saturated carbocycles. The molecule has 12 heavy (non-hydrogen) atoms. The predicted octanol–water partition coefficient (Wildman–Crippen LogP) is 1.97. The first-order chi connectivity index (χ1) is 5.74. The maximum atomic E-state index is 8.69. The highest BCUT2D eigenvalue weighted by molar-refractivity contribution is 7.99. The number of nitrogens with two attached hydrogens (primary N) is 1. The van der Waals surface area contributed by atoms with Crippen molar-refractivity contribution >= 4 is 33.8 Å². The lowest BCUT2D eigenvalue weighted by molar-refractivity contribution is 1.46. The Balaban J connectivity index is 3.25. The van der Waals surface area contributed by atoms with Gasteiger partial charge in [0.15, 0.2) is 0 Å². The van der Waals surface area contributed by atoms with Crippen molar-refractivity contribution in [3.8, 4) is 6.07 Å². The second kappa shape index (κ2) is 3.70. The van der Waals surface area contributed by atoms with Crippen LogP contribution in [0.2, 0.25) is 0 Å². The molecule has 0 bridgehead atoms. The largest absolute Gasteiger partial charge is 0.396 e. The summed E-state index contributed by atoms with van der Waals surface area (Å²) >= 11 is 2.95. The molecule has 1 rings (SSSR count). The van der Waals surface area contributed by atoms with Gasteiger partial charge in [-0.05, 0) is 6.26 Å². The Hall–Kier alpha value is -0.860. The molecule has 0 saturated heterocycles. The van der Waals surface area contributed by atoms with Crippen LogP contribution in [0, 0.1) is 11.3 Å². The molecular weight excluding hydrogens is 190 g/mol. The Morgan fingerprint density at radius 3 is 2.67 bits per heavy atom. The van der Waals surface area contributed by atoms with Crippen molar-refractivity contribution < 1.29 is 0 Å². The van der Waals surface area contributed by atoms with Crippen LogP contribution in [-0.4, -0.2) is 13.3 Å². The number of hydrogen-bond donors (Lipinski definition) is 2. The quantitative estimate of drug-likeness (QED) is 0.715.